The van der Waals surface area contributed by atoms with Gasteiger partial charge in [0.2, 0.25) is 0 Å². The molecule has 1 nitrogen and oxygen atoms in total. The smallest absolute Gasteiger partial charge is 0.0681 e. The number of hydrogen-bond donors (Lipinski definition) is 1. The number of thioether (sulfide) groups is 1. The minimum Gasteiger partial charge on any atom is -0.392 e. The third-order valence-electron chi connectivity index (χ3n) is 1.90. The lowest BCUT2D eigenvalue weighted by Crippen LogP contribution is -1.83. The lowest BCUT2D eigenvalue weighted by molar-refractivity contribution is 0.282. The largest absolute Gasteiger partial charge is 0.392 e. The molecule has 0 radical (unpaired) electrons. The standard InChI is InChI=1S/C12H16OS/c1-10(2)7-8-14-12-5-3-11(9-13)4-6-12/h3-6,13H,1,7-9H2,2H3. The van der Waals surface area contributed by atoms with Crippen molar-refractivity contribution in [1.29, 1.82) is 0 Å². The van der Waals surface area contributed by atoms with Crippen LogP contribution in [-0.2, 0) is 6.61 Å². The van der Waals surface area contributed by atoms with E-state index in [0.717, 1.165) is 17.7 Å². The zero-order chi connectivity index (χ0) is 10.4. The third kappa shape index (κ3) is 3.99. The molecule has 0 fully saturated rings. The number of aliphatic hydroxyl groups is 1. The van der Waals surface area contributed by atoms with E-state index < -0.39 is 0 Å². The Balaban J connectivity index is 2.40. The molecule has 0 bridgehead atoms. The zero-order valence-corrected chi connectivity index (χ0v) is 9.31. The Bertz CT molecular complexity index is 290. The van der Waals surface area contributed by atoms with Crippen molar-refractivity contribution < 1.29 is 5.11 Å². The Morgan fingerprint density at radius 2 is 2.00 bits per heavy atom. The first-order valence-corrected chi connectivity index (χ1v) is 5.68. The molecule has 0 saturated carbocycles. The molecule has 14 heavy (non-hydrogen) atoms. The van der Waals surface area contributed by atoms with Crippen LogP contribution in [0.4, 0.5) is 0 Å². The molecular formula is C12H16OS. The van der Waals surface area contributed by atoms with Crippen molar-refractivity contribution in [2.24, 2.45) is 0 Å². The fourth-order valence-corrected chi connectivity index (χ4v) is 2.05. The van der Waals surface area contributed by atoms with Crippen molar-refractivity contribution in [3.8, 4) is 0 Å². The van der Waals surface area contributed by atoms with Gasteiger partial charge in [-0.15, -0.1) is 18.3 Å². The van der Waals surface area contributed by atoms with Crippen molar-refractivity contribution in [2.45, 2.75) is 24.8 Å². The molecule has 0 spiro atoms. The first-order chi connectivity index (χ1) is 6.72. The van der Waals surface area contributed by atoms with Crippen LogP contribution in [0, 0.1) is 0 Å². The average Bonchev–Trinajstić information content (AvgIpc) is 2.18. The Morgan fingerprint density at radius 3 is 2.50 bits per heavy atom. The summed E-state index contributed by atoms with van der Waals surface area (Å²) < 4.78 is 0. The van der Waals surface area contributed by atoms with Gasteiger partial charge >= 0.3 is 0 Å². The normalized spacial score (nSPS) is 10.1. The van der Waals surface area contributed by atoms with Gasteiger partial charge in [0.25, 0.3) is 0 Å². The topological polar surface area (TPSA) is 20.2 Å². The van der Waals surface area contributed by atoms with E-state index in [1.54, 1.807) is 0 Å². The summed E-state index contributed by atoms with van der Waals surface area (Å²) in [6, 6.07) is 8.02. The summed E-state index contributed by atoms with van der Waals surface area (Å²) >= 11 is 1.83. The van der Waals surface area contributed by atoms with E-state index in [-0.39, 0.29) is 6.61 Å². The molecular weight excluding hydrogens is 192 g/mol. The second kappa shape index (κ2) is 5.89. The van der Waals surface area contributed by atoms with Gasteiger partial charge in [-0.1, -0.05) is 17.7 Å². The summed E-state index contributed by atoms with van der Waals surface area (Å²) in [6.45, 7) is 6.04. The molecule has 0 heterocycles. The highest BCUT2D eigenvalue weighted by Gasteiger charge is 1.95. The Morgan fingerprint density at radius 1 is 1.36 bits per heavy atom. The fourth-order valence-electron chi connectivity index (χ4n) is 1.03. The molecule has 0 atom stereocenters. The number of allylic oxidation sites excluding steroid dienone is 1. The highest BCUT2D eigenvalue weighted by atomic mass is 32.2. The van der Waals surface area contributed by atoms with Crippen LogP contribution in [0.3, 0.4) is 0 Å². The van der Waals surface area contributed by atoms with Crippen molar-refractivity contribution in [3.63, 3.8) is 0 Å². The molecule has 0 saturated heterocycles. The van der Waals surface area contributed by atoms with Crippen molar-refractivity contribution in [2.75, 3.05) is 5.75 Å². The first kappa shape index (κ1) is 11.3. The van der Waals surface area contributed by atoms with Crippen molar-refractivity contribution >= 4 is 11.8 Å². The second-order valence-corrected chi connectivity index (χ2v) is 4.53. The molecule has 2 heteroatoms. The number of hydrogen-bond acceptors (Lipinski definition) is 2. The average molecular weight is 208 g/mol. The molecule has 0 aromatic heterocycles. The molecule has 0 amide bonds. The van der Waals surface area contributed by atoms with E-state index in [4.69, 9.17) is 5.11 Å². The van der Waals surface area contributed by atoms with Gasteiger partial charge < -0.3 is 5.11 Å². The van der Waals surface area contributed by atoms with Crippen LogP contribution in [0.1, 0.15) is 18.9 Å². The van der Waals surface area contributed by atoms with Crippen LogP contribution < -0.4 is 0 Å². The van der Waals surface area contributed by atoms with Crippen LogP contribution in [0.2, 0.25) is 0 Å². The van der Waals surface area contributed by atoms with Gasteiger partial charge in [-0.05, 0) is 31.0 Å². The maximum absolute atomic E-state index is 8.86. The maximum atomic E-state index is 8.86. The van der Waals surface area contributed by atoms with Gasteiger partial charge in [0, 0.05) is 10.6 Å². The minimum atomic E-state index is 0.122. The lowest BCUT2D eigenvalue weighted by atomic mass is 10.2. The quantitative estimate of drug-likeness (QED) is 0.592. The van der Waals surface area contributed by atoms with E-state index in [1.807, 2.05) is 23.9 Å². The van der Waals surface area contributed by atoms with E-state index >= 15 is 0 Å². The maximum Gasteiger partial charge on any atom is 0.0681 e. The van der Waals surface area contributed by atoms with Gasteiger partial charge in [0.15, 0.2) is 0 Å². The summed E-state index contributed by atoms with van der Waals surface area (Å²) in [5.74, 6) is 1.08. The van der Waals surface area contributed by atoms with E-state index in [2.05, 4.69) is 25.6 Å². The molecule has 1 N–H and O–H groups in total. The highest BCUT2D eigenvalue weighted by Crippen LogP contribution is 2.20. The third-order valence-corrected chi connectivity index (χ3v) is 2.92. The fraction of sp³-hybridized carbons (Fsp3) is 0.333. The van der Waals surface area contributed by atoms with E-state index in [0.29, 0.717) is 0 Å². The molecule has 1 aromatic rings. The minimum absolute atomic E-state index is 0.122. The van der Waals surface area contributed by atoms with Crippen molar-refractivity contribution in [3.05, 3.63) is 42.0 Å². The zero-order valence-electron chi connectivity index (χ0n) is 8.49. The summed E-state index contributed by atoms with van der Waals surface area (Å²) in [6.07, 6.45) is 1.06. The predicted octanol–water partition coefficient (Wildman–Crippen LogP) is 3.24. The highest BCUT2D eigenvalue weighted by molar-refractivity contribution is 7.99. The van der Waals surface area contributed by atoms with E-state index in [1.165, 1.54) is 10.5 Å². The summed E-state index contributed by atoms with van der Waals surface area (Å²) in [5, 5.41) is 8.86. The monoisotopic (exact) mass is 208 g/mol. The van der Waals surface area contributed by atoms with Crippen LogP contribution in [0.25, 0.3) is 0 Å². The molecule has 1 aromatic carbocycles. The SMILES string of the molecule is C=C(C)CCSc1ccc(CO)cc1. The van der Waals surface area contributed by atoms with Crippen LogP contribution in [0.15, 0.2) is 41.3 Å². The summed E-state index contributed by atoms with van der Waals surface area (Å²) in [4.78, 5) is 1.25. The van der Waals surface area contributed by atoms with Crippen LogP contribution in [-0.4, -0.2) is 10.9 Å². The lowest BCUT2D eigenvalue weighted by Gasteiger charge is -2.02. The Kier molecular flexibility index (Phi) is 4.77. The number of benzene rings is 1. The molecule has 0 unspecified atom stereocenters. The molecule has 0 aliphatic rings. The number of rotatable bonds is 5. The molecule has 0 aliphatic heterocycles. The van der Waals surface area contributed by atoms with Gasteiger partial charge in [0.1, 0.15) is 0 Å². The van der Waals surface area contributed by atoms with Crippen LogP contribution >= 0.6 is 11.8 Å². The molecule has 1 rings (SSSR count). The van der Waals surface area contributed by atoms with Crippen LogP contribution in [0.5, 0.6) is 0 Å². The van der Waals surface area contributed by atoms with Gasteiger partial charge in [0.05, 0.1) is 6.61 Å². The molecule has 0 aliphatic carbocycles. The summed E-state index contributed by atoms with van der Waals surface area (Å²) in [5.41, 5.74) is 2.19. The Labute approximate surface area is 89.8 Å². The van der Waals surface area contributed by atoms with Gasteiger partial charge in [-0.25, -0.2) is 0 Å². The van der Waals surface area contributed by atoms with Crippen molar-refractivity contribution in [1.82, 2.24) is 0 Å². The molecule has 76 valence electrons. The Hall–Kier alpha value is -0.730. The van der Waals surface area contributed by atoms with E-state index in [9.17, 15) is 0 Å². The van der Waals surface area contributed by atoms with Gasteiger partial charge in [-0.3, -0.25) is 0 Å². The second-order valence-electron chi connectivity index (χ2n) is 3.36. The van der Waals surface area contributed by atoms with Gasteiger partial charge in [-0.2, -0.15) is 0 Å². The first-order valence-electron chi connectivity index (χ1n) is 4.69. The predicted molar refractivity (Wildman–Crippen MR) is 62.5 cm³/mol. The number of aliphatic hydroxyl groups excluding tert-OH is 1. The summed E-state index contributed by atoms with van der Waals surface area (Å²) in [7, 11) is 0.